The molecule has 0 aromatic carbocycles. The van der Waals surface area contributed by atoms with Crippen LogP contribution in [-0.4, -0.2) is 17.5 Å². The maximum atomic E-state index is 5.55. The summed E-state index contributed by atoms with van der Waals surface area (Å²) < 4.78 is 0. The van der Waals surface area contributed by atoms with E-state index in [1.165, 1.54) is 18.6 Å². The maximum Gasteiger partial charge on any atom is 0.0101 e. The molecule has 0 saturated heterocycles. The van der Waals surface area contributed by atoms with E-state index >= 15 is 0 Å². The standard InChI is InChI=1S/C7H17NS/c1-3-4-5-9-6-7(2)8/h7H,3-6,8H2,1-2H3/t7-/m0/s1. The molecule has 0 radical (unpaired) electrons. The van der Waals surface area contributed by atoms with Gasteiger partial charge in [-0.15, -0.1) is 0 Å². The van der Waals surface area contributed by atoms with Crippen molar-refractivity contribution in [3.05, 3.63) is 0 Å². The van der Waals surface area contributed by atoms with Crippen LogP contribution in [0, 0.1) is 0 Å². The lowest BCUT2D eigenvalue weighted by molar-refractivity contribution is 0.841. The van der Waals surface area contributed by atoms with Gasteiger partial charge in [0.2, 0.25) is 0 Å². The molecule has 0 saturated carbocycles. The molecule has 9 heavy (non-hydrogen) atoms. The SMILES string of the molecule is CCCCSC[C@H](C)N. The predicted octanol–water partition coefficient (Wildman–Crippen LogP) is 1.87. The van der Waals surface area contributed by atoms with Crippen molar-refractivity contribution in [3.8, 4) is 0 Å². The van der Waals surface area contributed by atoms with Crippen molar-refractivity contribution in [1.82, 2.24) is 0 Å². The summed E-state index contributed by atoms with van der Waals surface area (Å²) in [5, 5.41) is 0. The van der Waals surface area contributed by atoms with Crippen LogP contribution in [0.3, 0.4) is 0 Å². The zero-order valence-electron chi connectivity index (χ0n) is 6.39. The highest BCUT2D eigenvalue weighted by Crippen LogP contribution is 2.04. The molecule has 0 rings (SSSR count). The minimum Gasteiger partial charge on any atom is -0.327 e. The highest BCUT2D eigenvalue weighted by atomic mass is 32.2. The monoisotopic (exact) mass is 147 g/mol. The van der Waals surface area contributed by atoms with Crippen molar-refractivity contribution in [2.24, 2.45) is 5.73 Å². The van der Waals surface area contributed by atoms with Gasteiger partial charge in [-0.1, -0.05) is 13.3 Å². The Morgan fingerprint density at radius 2 is 2.22 bits per heavy atom. The van der Waals surface area contributed by atoms with Crippen LogP contribution in [0.1, 0.15) is 26.7 Å². The van der Waals surface area contributed by atoms with Gasteiger partial charge in [0, 0.05) is 11.8 Å². The Morgan fingerprint density at radius 3 is 2.67 bits per heavy atom. The smallest absolute Gasteiger partial charge is 0.0101 e. The zero-order chi connectivity index (χ0) is 7.11. The van der Waals surface area contributed by atoms with Crippen LogP contribution in [0.2, 0.25) is 0 Å². The van der Waals surface area contributed by atoms with E-state index in [2.05, 4.69) is 13.8 Å². The Labute approximate surface area is 62.4 Å². The van der Waals surface area contributed by atoms with Crippen molar-refractivity contribution in [3.63, 3.8) is 0 Å². The molecular weight excluding hydrogens is 130 g/mol. The number of rotatable bonds is 5. The van der Waals surface area contributed by atoms with Gasteiger partial charge < -0.3 is 5.73 Å². The first-order chi connectivity index (χ1) is 4.27. The molecule has 0 fully saturated rings. The van der Waals surface area contributed by atoms with Gasteiger partial charge in [-0.05, 0) is 19.1 Å². The second-order valence-electron chi connectivity index (χ2n) is 2.41. The van der Waals surface area contributed by atoms with Crippen LogP contribution in [-0.2, 0) is 0 Å². The van der Waals surface area contributed by atoms with E-state index in [4.69, 9.17) is 5.73 Å². The molecule has 56 valence electrons. The topological polar surface area (TPSA) is 26.0 Å². The fourth-order valence-electron chi connectivity index (χ4n) is 0.516. The third-order valence-electron chi connectivity index (χ3n) is 1.02. The van der Waals surface area contributed by atoms with E-state index in [9.17, 15) is 0 Å². The third kappa shape index (κ3) is 8.31. The molecule has 0 heterocycles. The summed E-state index contributed by atoms with van der Waals surface area (Å²) in [4.78, 5) is 0. The molecule has 1 nitrogen and oxygen atoms in total. The highest BCUT2D eigenvalue weighted by molar-refractivity contribution is 7.99. The van der Waals surface area contributed by atoms with Crippen LogP contribution in [0.15, 0.2) is 0 Å². The second-order valence-corrected chi connectivity index (χ2v) is 3.56. The van der Waals surface area contributed by atoms with E-state index in [1.54, 1.807) is 0 Å². The van der Waals surface area contributed by atoms with Gasteiger partial charge in [0.15, 0.2) is 0 Å². The first kappa shape index (κ1) is 9.31. The van der Waals surface area contributed by atoms with E-state index in [1.807, 2.05) is 11.8 Å². The van der Waals surface area contributed by atoms with Crippen molar-refractivity contribution >= 4 is 11.8 Å². The molecule has 0 unspecified atom stereocenters. The fourth-order valence-corrected chi connectivity index (χ4v) is 1.55. The van der Waals surface area contributed by atoms with E-state index in [-0.39, 0.29) is 0 Å². The Morgan fingerprint density at radius 1 is 1.56 bits per heavy atom. The largest absolute Gasteiger partial charge is 0.327 e. The van der Waals surface area contributed by atoms with Gasteiger partial charge >= 0.3 is 0 Å². The molecule has 0 aliphatic rings. The molecule has 0 bridgehead atoms. The van der Waals surface area contributed by atoms with Gasteiger partial charge in [0.05, 0.1) is 0 Å². The van der Waals surface area contributed by atoms with Crippen molar-refractivity contribution in [2.75, 3.05) is 11.5 Å². The van der Waals surface area contributed by atoms with Crippen LogP contribution in [0.25, 0.3) is 0 Å². The number of hydrogen-bond donors (Lipinski definition) is 1. The summed E-state index contributed by atoms with van der Waals surface area (Å²) in [5.74, 6) is 2.39. The van der Waals surface area contributed by atoms with Gasteiger partial charge in [-0.2, -0.15) is 11.8 Å². The molecule has 0 aliphatic heterocycles. The van der Waals surface area contributed by atoms with Gasteiger partial charge in [0.25, 0.3) is 0 Å². The second kappa shape index (κ2) is 6.43. The summed E-state index contributed by atoms with van der Waals surface area (Å²) in [6, 6.07) is 0.367. The first-order valence-corrected chi connectivity index (χ1v) is 4.76. The lowest BCUT2D eigenvalue weighted by Crippen LogP contribution is -2.17. The molecule has 0 aromatic heterocycles. The maximum absolute atomic E-state index is 5.55. The number of unbranched alkanes of at least 4 members (excludes halogenated alkanes) is 1. The first-order valence-electron chi connectivity index (χ1n) is 3.60. The van der Waals surface area contributed by atoms with Gasteiger partial charge in [-0.25, -0.2) is 0 Å². The molecule has 0 amide bonds. The molecule has 2 N–H and O–H groups in total. The number of hydrogen-bond acceptors (Lipinski definition) is 2. The summed E-state index contributed by atoms with van der Waals surface area (Å²) in [6.45, 7) is 4.27. The molecule has 2 heteroatoms. The minimum absolute atomic E-state index is 0.367. The van der Waals surface area contributed by atoms with Crippen LogP contribution in [0.4, 0.5) is 0 Å². The Kier molecular flexibility index (Phi) is 6.65. The lowest BCUT2D eigenvalue weighted by Gasteiger charge is -2.02. The van der Waals surface area contributed by atoms with E-state index in [0.29, 0.717) is 6.04 Å². The zero-order valence-corrected chi connectivity index (χ0v) is 7.21. The minimum atomic E-state index is 0.367. The quantitative estimate of drug-likeness (QED) is 0.601. The van der Waals surface area contributed by atoms with E-state index < -0.39 is 0 Å². The van der Waals surface area contributed by atoms with Crippen LogP contribution >= 0.6 is 11.8 Å². The van der Waals surface area contributed by atoms with Crippen molar-refractivity contribution in [1.29, 1.82) is 0 Å². The van der Waals surface area contributed by atoms with Crippen LogP contribution in [0.5, 0.6) is 0 Å². The third-order valence-corrected chi connectivity index (χ3v) is 2.36. The average molecular weight is 147 g/mol. The Bertz CT molecular complexity index is 54.9. The summed E-state index contributed by atoms with van der Waals surface area (Å²) >= 11 is 1.96. The fraction of sp³-hybridized carbons (Fsp3) is 1.00. The Balaban J connectivity index is 2.75. The van der Waals surface area contributed by atoms with E-state index in [0.717, 1.165) is 5.75 Å². The average Bonchev–Trinajstić information content (AvgIpc) is 1.80. The van der Waals surface area contributed by atoms with Crippen molar-refractivity contribution in [2.45, 2.75) is 32.7 Å². The highest BCUT2D eigenvalue weighted by Gasteiger charge is 1.92. The summed E-state index contributed by atoms with van der Waals surface area (Å²) in [6.07, 6.45) is 2.63. The molecule has 0 aromatic rings. The van der Waals surface area contributed by atoms with Gasteiger partial charge in [0.1, 0.15) is 0 Å². The molecule has 0 spiro atoms. The van der Waals surface area contributed by atoms with Gasteiger partial charge in [-0.3, -0.25) is 0 Å². The number of nitrogens with two attached hydrogens (primary N) is 1. The number of thioether (sulfide) groups is 1. The Hall–Kier alpha value is 0.310. The summed E-state index contributed by atoms with van der Waals surface area (Å²) in [5.41, 5.74) is 5.55. The normalized spacial score (nSPS) is 13.7. The molecule has 1 atom stereocenters. The van der Waals surface area contributed by atoms with Crippen LogP contribution < -0.4 is 5.73 Å². The summed E-state index contributed by atoms with van der Waals surface area (Å²) in [7, 11) is 0. The molecule has 0 aliphatic carbocycles. The molecular formula is C7H17NS. The van der Waals surface area contributed by atoms with Crippen molar-refractivity contribution < 1.29 is 0 Å². The predicted molar refractivity (Wildman–Crippen MR) is 45.9 cm³/mol. The lowest BCUT2D eigenvalue weighted by atomic mass is 10.4.